The van der Waals surface area contributed by atoms with E-state index in [0.29, 0.717) is 17.2 Å². The summed E-state index contributed by atoms with van der Waals surface area (Å²) in [6.07, 6.45) is 1.06. The molecule has 0 radical (unpaired) electrons. The number of nitrogens with zero attached hydrogens (tertiary/aromatic N) is 2. The van der Waals surface area contributed by atoms with Crippen molar-refractivity contribution in [1.29, 1.82) is 0 Å². The van der Waals surface area contributed by atoms with Crippen molar-refractivity contribution in [1.82, 2.24) is 10.2 Å². The lowest BCUT2D eigenvalue weighted by Gasteiger charge is -2.33. The lowest BCUT2D eigenvalue weighted by Crippen LogP contribution is -2.53. The number of hydrogen-bond donors (Lipinski definition) is 1. The van der Waals surface area contributed by atoms with E-state index in [-0.39, 0.29) is 34.8 Å². The van der Waals surface area contributed by atoms with E-state index in [2.05, 4.69) is 5.32 Å². The molecule has 11 heteroatoms. The molecule has 0 aliphatic rings. The molecule has 0 spiro atoms. The van der Waals surface area contributed by atoms with Crippen molar-refractivity contribution < 1.29 is 27.5 Å². The van der Waals surface area contributed by atoms with Crippen LogP contribution >= 0.6 is 11.6 Å². The number of methoxy groups -OCH3 is 2. The van der Waals surface area contributed by atoms with Crippen LogP contribution in [0.1, 0.15) is 44.7 Å². The first-order valence-electron chi connectivity index (χ1n) is 14.1. The number of benzene rings is 3. The average Bonchev–Trinajstić information content (AvgIpc) is 3.00. The Morgan fingerprint density at radius 1 is 0.907 bits per heavy atom. The summed E-state index contributed by atoms with van der Waals surface area (Å²) >= 11 is 6.11. The topological polar surface area (TPSA) is 105 Å². The van der Waals surface area contributed by atoms with Gasteiger partial charge in [-0.1, -0.05) is 55.3 Å². The number of amides is 2. The predicted molar refractivity (Wildman–Crippen MR) is 169 cm³/mol. The van der Waals surface area contributed by atoms with Crippen LogP contribution in [0, 0.1) is 6.92 Å². The minimum absolute atomic E-state index is 0.0890. The number of sulfonamides is 1. The van der Waals surface area contributed by atoms with E-state index in [9.17, 15) is 18.0 Å². The Labute approximate surface area is 259 Å². The second kappa shape index (κ2) is 15.1. The van der Waals surface area contributed by atoms with Gasteiger partial charge in [-0.3, -0.25) is 13.9 Å². The predicted octanol–water partition coefficient (Wildman–Crippen LogP) is 5.58. The van der Waals surface area contributed by atoms with Crippen LogP contribution < -0.4 is 19.1 Å². The van der Waals surface area contributed by atoms with E-state index < -0.39 is 28.5 Å². The van der Waals surface area contributed by atoms with Crippen molar-refractivity contribution in [3.05, 3.63) is 82.9 Å². The third kappa shape index (κ3) is 8.42. The maximum Gasteiger partial charge on any atom is 0.264 e. The van der Waals surface area contributed by atoms with Crippen LogP contribution in [0.3, 0.4) is 0 Å². The van der Waals surface area contributed by atoms with Gasteiger partial charge in [0.05, 0.1) is 24.8 Å². The molecule has 0 unspecified atom stereocenters. The second-order valence-corrected chi connectivity index (χ2v) is 12.6. The van der Waals surface area contributed by atoms with Gasteiger partial charge >= 0.3 is 0 Å². The maximum atomic E-state index is 14.2. The van der Waals surface area contributed by atoms with E-state index in [4.69, 9.17) is 21.1 Å². The molecule has 0 bridgehead atoms. The van der Waals surface area contributed by atoms with E-state index in [1.54, 1.807) is 12.1 Å². The molecular weight excluding hydrogens is 590 g/mol. The zero-order chi connectivity index (χ0) is 31.7. The van der Waals surface area contributed by atoms with Crippen LogP contribution in [0.25, 0.3) is 0 Å². The highest BCUT2D eigenvalue weighted by Gasteiger charge is 2.34. The minimum atomic E-state index is -4.30. The van der Waals surface area contributed by atoms with Crippen LogP contribution in [0.15, 0.2) is 71.6 Å². The highest BCUT2D eigenvalue weighted by atomic mass is 35.5. The van der Waals surface area contributed by atoms with Crippen LogP contribution in [0.2, 0.25) is 5.02 Å². The summed E-state index contributed by atoms with van der Waals surface area (Å²) in [6, 6.07) is 17.1. The summed E-state index contributed by atoms with van der Waals surface area (Å²) in [5, 5.41) is 3.39. The number of aryl methyl sites for hydroxylation is 1. The second-order valence-electron chi connectivity index (χ2n) is 10.3. The molecule has 0 heterocycles. The molecule has 0 fully saturated rings. The van der Waals surface area contributed by atoms with Crippen LogP contribution in [-0.4, -0.2) is 58.0 Å². The monoisotopic (exact) mass is 629 g/mol. The smallest absolute Gasteiger partial charge is 0.264 e. The van der Waals surface area contributed by atoms with Crippen molar-refractivity contribution in [2.75, 3.05) is 25.1 Å². The van der Waals surface area contributed by atoms with Crippen LogP contribution in [-0.2, 0) is 26.2 Å². The number of rotatable bonds is 14. The molecule has 0 saturated carbocycles. The minimum Gasteiger partial charge on any atom is -0.493 e. The molecule has 0 aromatic heterocycles. The molecule has 1 N–H and O–H groups in total. The fourth-order valence-electron chi connectivity index (χ4n) is 4.49. The maximum absolute atomic E-state index is 14.2. The molecule has 2 atom stereocenters. The van der Waals surface area contributed by atoms with Gasteiger partial charge in [0.1, 0.15) is 12.6 Å². The number of nitrogens with one attached hydrogen (secondary N) is 1. The number of halogens is 1. The first-order valence-corrected chi connectivity index (χ1v) is 15.9. The third-order valence-electron chi connectivity index (χ3n) is 7.20. The zero-order valence-electron chi connectivity index (χ0n) is 25.5. The summed E-state index contributed by atoms with van der Waals surface area (Å²) in [7, 11) is -1.44. The molecule has 0 saturated heterocycles. The van der Waals surface area contributed by atoms with E-state index >= 15 is 0 Å². The lowest BCUT2D eigenvalue weighted by atomic mass is 10.1. The van der Waals surface area contributed by atoms with E-state index in [1.807, 2.05) is 52.0 Å². The Morgan fingerprint density at radius 3 is 2.09 bits per heavy atom. The first-order chi connectivity index (χ1) is 20.4. The molecule has 3 rings (SSSR count). The standard InChI is InChI=1S/C32H40ClN3O6S/c1-7-23(4)34-32(38)28(8-2)35(20-24-11-9-22(3)10-12-24)31(37)21-36(26-15-13-25(33)14-16-26)43(39,40)27-17-18-29(41-5)30(19-27)42-6/h9-19,23,28H,7-8,20-21H2,1-6H3,(H,34,38)/t23-,28+/m0/s1. The Morgan fingerprint density at radius 2 is 1.53 bits per heavy atom. The van der Waals surface area contributed by atoms with E-state index in [0.717, 1.165) is 21.9 Å². The number of ether oxygens (including phenoxy) is 2. The van der Waals surface area contributed by atoms with Crippen LogP contribution in [0.5, 0.6) is 11.5 Å². The highest BCUT2D eigenvalue weighted by Crippen LogP contribution is 2.33. The molecule has 232 valence electrons. The summed E-state index contributed by atoms with van der Waals surface area (Å²) in [4.78, 5) is 29.0. The number of hydrogen-bond acceptors (Lipinski definition) is 6. The zero-order valence-corrected chi connectivity index (χ0v) is 27.0. The van der Waals surface area contributed by atoms with Gasteiger partial charge in [-0.2, -0.15) is 0 Å². The molecule has 43 heavy (non-hydrogen) atoms. The van der Waals surface area contributed by atoms with Gasteiger partial charge in [-0.15, -0.1) is 0 Å². The van der Waals surface area contributed by atoms with Gasteiger partial charge in [0.2, 0.25) is 11.8 Å². The molecule has 0 aliphatic heterocycles. The average molecular weight is 630 g/mol. The fourth-order valence-corrected chi connectivity index (χ4v) is 6.05. The molecule has 2 amide bonds. The van der Waals surface area contributed by atoms with Gasteiger partial charge in [-0.05, 0) is 68.7 Å². The van der Waals surface area contributed by atoms with Gasteiger partial charge in [0.15, 0.2) is 11.5 Å². The summed E-state index contributed by atoms with van der Waals surface area (Å²) in [5.41, 5.74) is 2.10. The number of carbonyl (C=O) groups excluding carboxylic acids is 2. The SMILES string of the molecule is CC[C@H](C(=O)N[C@@H](C)CC)N(Cc1ccc(C)cc1)C(=O)CN(c1ccc(Cl)cc1)S(=O)(=O)c1ccc(OC)c(OC)c1. The molecular formula is C32H40ClN3O6S. The number of anilines is 1. The van der Waals surface area contributed by atoms with Gasteiger partial charge in [0, 0.05) is 23.7 Å². The molecule has 3 aromatic carbocycles. The van der Waals surface area contributed by atoms with Gasteiger partial charge in [-0.25, -0.2) is 8.42 Å². The fraction of sp³-hybridized carbons (Fsp3) is 0.375. The van der Waals surface area contributed by atoms with Crippen molar-refractivity contribution in [2.45, 2.75) is 64.1 Å². The Hall–Kier alpha value is -3.76. The molecule has 0 aliphatic carbocycles. The largest absolute Gasteiger partial charge is 0.493 e. The lowest BCUT2D eigenvalue weighted by molar-refractivity contribution is -0.140. The van der Waals surface area contributed by atoms with Crippen molar-refractivity contribution >= 4 is 39.1 Å². The van der Waals surface area contributed by atoms with Crippen molar-refractivity contribution in [3.8, 4) is 11.5 Å². The normalized spacial score (nSPS) is 12.6. The number of carbonyl (C=O) groups is 2. The molecule has 9 nitrogen and oxygen atoms in total. The summed E-state index contributed by atoms with van der Waals surface area (Å²) in [5.74, 6) is -0.249. The van der Waals surface area contributed by atoms with E-state index in [1.165, 1.54) is 49.5 Å². The first kappa shape index (κ1) is 33.7. The van der Waals surface area contributed by atoms with Crippen molar-refractivity contribution in [3.63, 3.8) is 0 Å². The molecule has 3 aromatic rings. The summed E-state index contributed by atoms with van der Waals surface area (Å²) < 4.78 is 39.9. The van der Waals surface area contributed by atoms with Crippen molar-refractivity contribution in [2.24, 2.45) is 0 Å². The quantitative estimate of drug-likeness (QED) is 0.250. The Bertz CT molecular complexity index is 1500. The Kier molecular flexibility index (Phi) is 11.9. The third-order valence-corrected chi connectivity index (χ3v) is 9.22. The highest BCUT2D eigenvalue weighted by molar-refractivity contribution is 7.92. The van der Waals surface area contributed by atoms with Gasteiger partial charge in [0.25, 0.3) is 10.0 Å². The Balaban J connectivity index is 2.09. The van der Waals surface area contributed by atoms with Gasteiger partial charge < -0.3 is 19.7 Å². The van der Waals surface area contributed by atoms with Crippen LogP contribution in [0.4, 0.5) is 5.69 Å². The summed E-state index contributed by atoms with van der Waals surface area (Å²) in [6.45, 7) is 7.21.